The molecule has 3 rings (SSSR count). The standard InChI is InChI=1S/C25H27ClN2O4S2/c1-19-6-8-20(9-7-19)18-33-15-14-27-25(29)17-28(22-5-3-4-21(26)16-22)34(30,31)24-12-10-23(32-2)11-13-24/h3-13,16H,14-15,17-18H2,1-2H3,(H,27,29). The summed E-state index contributed by atoms with van der Waals surface area (Å²) in [5.41, 5.74) is 2.75. The van der Waals surface area contributed by atoms with Gasteiger partial charge >= 0.3 is 0 Å². The summed E-state index contributed by atoms with van der Waals surface area (Å²) in [6, 6.07) is 20.8. The third kappa shape index (κ3) is 7.16. The molecular weight excluding hydrogens is 492 g/mol. The molecular formula is C25H27ClN2O4S2. The Labute approximate surface area is 210 Å². The van der Waals surface area contributed by atoms with Gasteiger partial charge in [0.25, 0.3) is 10.0 Å². The first kappa shape index (κ1) is 25.9. The molecule has 1 N–H and O–H groups in total. The third-order valence-corrected chi connectivity index (χ3v) is 8.04. The van der Waals surface area contributed by atoms with Crippen molar-refractivity contribution in [1.29, 1.82) is 0 Å². The molecule has 0 saturated heterocycles. The topological polar surface area (TPSA) is 75.7 Å². The van der Waals surface area contributed by atoms with Crippen LogP contribution in [-0.4, -0.2) is 40.3 Å². The van der Waals surface area contributed by atoms with Crippen molar-refractivity contribution in [2.75, 3.05) is 30.3 Å². The molecule has 0 heterocycles. The minimum atomic E-state index is -4.01. The van der Waals surface area contributed by atoms with E-state index in [-0.39, 0.29) is 11.4 Å². The van der Waals surface area contributed by atoms with Crippen molar-refractivity contribution in [2.24, 2.45) is 0 Å². The molecule has 3 aromatic rings. The number of halogens is 1. The van der Waals surface area contributed by atoms with Gasteiger partial charge in [-0.3, -0.25) is 9.10 Å². The van der Waals surface area contributed by atoms with E-state index in [1.54, 1.807) is 42.1 Å². The first-order chi connectivity index (χ1) is 16.3. The Hall–Kier alpha value is -2.68. The number of anilines is 1. The molecule has 0 radical (unpaired) electrons. The van der Waals surface area contributed by atoms with E-state index in [9.17, 15) is 13.2 Å². The minimum absolute atomic E-state index is 0.0507. The number of benzene rings is 3. The van der Waals surface area contributed by atoms with Crippen molar-refractivity contribution in [3.8, 4) is 5.75 Å². The number of methoxy groups -OCH3 is 1. The molecule has 0 aliphatic heterocycles. The Morgan fingerprint density at radius 2 is 1.76 bits per heavy atom. The van der Waals surface area contributed by atoms with Crippen molar-refractivity contribution >= 4 is 45.0 Å². The van der Waals surface area contributed by atoms with Gasteiger partial charge in [0.2, 0.25) is 5.91 Å². The van der Waals surface area contributed by atoms with Gasteiger partial charge in [0.05, 0.1) is 17.7 Å². The normalized spacial score (nSPS) is 11.1. The summed E-state index contributed by atoms with van der Waals surface area (Å²) in [6.07, 6.45) is 0. The predicted molar refractivity (Wildman–Crippen MR) is 139 cm³/mol. The van der Waals surface area contributed by atoms with Gasteiger partial charge < -0.3 is 10.1 Å². The molecule has 0 unspecified atom stereocenters. The Morgan fingerprint density at radius 3 is 2.41 bits per heavy atom. The summed E-state index contributed by atoms with van der Waals surface area (Å²) in [5, 5.41) is 3.19. The zero-order valence-corrected chi connectivity index (χ0v) is 21.4. The lowest BCUT2D eigenvalue weighted by atomic mass is 10.2. The second-order valence-corrected chi connectivity index (χ2v) is 11.0. The van der Waals surface area contributed by atoms with E-state index in [0.717, 1.165) is 10.1 Å². The number of nitrogens with zero attached hydrogens (tertiary/aromatic N) is 1. The fourth-order valence-corrected chi connectivity index (χ4v) is 5.56. The van der Waals surface area contributed by atoms with Gasteiger partial charge in [-0.05, 0) is 55.0 Å². The summed E-state index contributed by atoms with van der Waals surface area (Å²) >= 11 is 7.80. The molecule has 0 saturated carbocycles. The van der Waals surface area contributed by atoms with Crippen molar-refractivity contribution in [2.45, 2.75) is 17.6 Å². The maximum Gasteiger partial charge on any atom is 0.264 e. The number of carbonyl (C=O) groups is 1. The van der Waals surface area contributed by atoms with Crippen LogP contribution < -0.4 is 14.4 Å². The van der Waals surface area contributed by atoms with Gasteiger partial charge in [-0.25, -0.2) is 8.42 Å². The lowest BCUT2D eigenvalue weighted by Crippen LogP contribution is -2.41. The highest BCUT2D eigenvalue weighted by Crippen LogP contribution is 2.27. The number of hydrogen-bond acceptors (Lipinski definition) is 5. The second-order valence-electron chi connectivity index (χ2n) is 7.56. The Kier molecular flexibility index (Phi) is 9.27. The van der Waals surface area contributed by atoms with Crippen molar-refractivity contribution in [3.63, 3.8) is 0 Å². The van der Waals surface area contributed by atoms with Crippen LogP contribution in [0.2, 0.25) is 5.02 Å². The molecule has 0 fully saturated rings. The highest BCUT2D eigenvalue weighted by atomic mass is 35.5. The average molecular weight is 519 g/mol. The Balaban J connectivity index is 1.65. The zero-order valence-electron chi connectivity index (χ0n) is 19.0. The number of carbonyl (C=O) groups excluding carboxylic acids is 1. The van der Waals surface area contributed by atoms with Crippen LogP contribution in [0.15, 0.2) is 77.7 Å². The molecule has 0 atom stereocenters. The van der Waals surface area contributed by atoms with Crippen LogP contribution in [0.25, 0.3) is 0 Å². The molecule has 0 aliphatic carbocycles. The molecule has 34 heavy (non-hydrogen) atoms. The van der Waals surface area contributed by atoms with Crippen molar-refractivity contribution < 1.29 is 17.9 Å². The number of thioether (sulfide) groups is 1. The summed E-state index contributed by atoms with van der Waals surface area (Å²) in [5.74, 6) is 1.70. The molecule has 1 amide bonds. The SMILES string of the molecule is COc1ccc(S(=O)(=O)N(CC(=O)NCCSCc2ccc(C)cc2)c2cccc(Cl)c2)cc1. The molecule has 0 bridgehead atoms. The molecule has 0 aliphatic rings. The van der Waals surface area contributed by atoms with E-state index in [0.29, 0.717) is 28.8 Å². The number of ether oxygens (including phenoxy) is 1. The van der Waals surface area contributed by atoms with Gasteiger partial charge in [-0.1, -0.05) is 47.5 Å². The average Bonchev–Trinajstić information content (AvgIpc) is 2.83. The number of amides is 1. The van der Waals surface area contributed by atoms with E-state index in [2.05, 4.69) is 29.6 Å². The Bertz CT molecular complexity index is 1200. The van der Waals surface area contributed by atoms with Crippen LogP contribution in [0.3, 0.4) is 0 Å². The van der Waals surface area contributed by atoms with E-state index in [4.69, 9.17) is 16.3 Å². The van der Waals surface area contributed by atoms with Crippen LogP contribution in [0.4, 0.5) is 5.69 Å². The molecule has 0 aromatic heterocycles. The smallest absolute Gasteiger partial charge is 0.264 e. The Morgan fingerprint density at radius 1 is 1.06 bits per heavy atom. The van der Waals surface area contributed by atoms with Gasteiger partial charge in [-0.2, -0.15) is 11.8 Å². The molecule has 0 spiro atoms. The van der Waals surface area contributed by atoms with Crippen LogP contribution >= 0.6 is 23.4 Å². The van der Waals surface area contributed by atoms with Crippen molar-refractivity contribution in [1.82, 2.24) is 5.32 Å². The summed E-state index contributed by atoms with van der Waals surface area (Å²) in [4.78, 5) is 12.7. The summed E-state index contributed by atoms with van der Waals surface area (Å²) in [6.45, 7) is 2.12. The van der Waals surface area contributed by atoms with Gasteiger partial charge in [0, 0.05) is 23.1 Å². The van der Waals surface area contributed by atoms with Crippen molar-refractivity contribution in [3.05, 3.63) is 88.9 Å². The molecule has 180 valence electrons. The highest BCUT2D eigenvalue weighted by molar-refractivity contribution is 7.98. The van der Waals surface area contributed by atoms with Crippen LogP contribution in [0.5, 0.6) is 5.75 Å². The quantitative estimate of drug-likeness (QED) is 0.365. The lowest BCUT2D eigenvalue weighted by Gasteiger charge is -2.24. The van der Waals surface area contributed by atoms with Gasteiger partial charge in [0.1, 0.15) is 12.3 Å². The number of sulfonamides is 1. The predicted octanol–water partition coefficient (Wildman–Crippen LogP) is 4.90. The lowest BCUT2D eigenvalue weighted by molar-refractivity contribution is -0.119. The zero-order chi connectivity index (χ0) is 24.6. The van der Waals surface area contributed by atoms with E-state index < -0.39 is 15.9 Å². The monoisotopic (exact) mass is 518 g/mol. The molecule has 3 aromatic carbocycles. The minimum Gasteiger partial charge on any atom is -0.497 e. The maximum absolute atomic E-state index is 13.4. The van der Waals surface area contributed by atoms with Crippen LogP contribution in [0, 0.1) is 6.92 Å². The van der Waals surface area contributed by atoms with E-state index >= 15 is 0 Å². The largest absolute Gasteiger partial charge is 0.497 e. The number of nitrogens with one attached hydrogen (secondary N) is 1. The van der Waals surface area contributed by atoms with E-state index in [1.807, 2.05) is 6.92 Å². The van der Waals surface area contributed by atoms with E-state index in [1.165, 1.54) is 36.4 Å². The van der Waals surface area contributed by atoms with Crippen LogP contribution in [-0.2, 0) is 20.6 Å². The first-order valence-electron chi connectivity index (χ1n) is 10.6. The maximum atomic E-state index is 13.4. The molecule has 6 nitrogen and oxygen atoms in total. The summed E-state index contributed by atoms with van der Waals surface area (Å²) in [7, 11) is -2.51. The van der Waals surface area contributed by atoms with Crippen LogP contribution in [0.1, 0.15) is 11.1 Å². The number of aryl methyl sites for hydroxylation is 1. The number of hydrogen-bond donors (Lipinski definition) is 1. The summed E-state index contributed by atoms with van der Waals surface area (Å²) < 4.78 is 33.0. The van der Waals surface area contributed by atoms with Gasteiger partial charge in [-0.15, -0.1) is 0 Å². The second kappa shape index (κ2) is 12.1. The molecule has 9 heteroatoms. The van der Waals surface area contributed by atoms with Gasteiger partial charge in [0.15, 0.2) is 0 Å². The number of rotatable bonds is 11. The third-order valence-electron chi connectivity index (χ3n) is 4.99. The highest BCUT2D eigenvalue weighted by Gasteiger charge is 2.27. The first-order valence-corrected chi connectivity index (χ1v) is 13.6. The fraction of sp³-hybridized carbons (Fsp3) is 0.240. The fourth-order valence-electron chi connectivity index (χ4n) is 3.14.